The topological polar surface area (TPSA) is 100 Å². The van der Waals surface area contributed by atoms with Crippen LogP contribution in [0, 0.1) is 25.1 Å². The first-order chi connectivity index (χ1) is 22.5. The number of halogens is 1. The standard InChI is InChI=1S/C36H35FN4O5/c1-4-22-8-10-23(11-9-22)20-46-34-32(25(24-12-13-24)17-26-33(34)39-36(40-35(26)42)45-16-15-43-3)31-21(2)28(37)18-29-27(31)19-38-41(29)30-7-5-6-14-44-30/h1,8-11,17-19,24,30H,5-7,12-16,20H2,2-3H3,(H,39,40,42). The zero-order chi connectivity index (χ0) is 31.8. The van der Waals surface area contributed by atoms with Gasteiger partial charge in [0.1, 0.15) is 24.5 Å². The number of nitrogens with one attached hydrogen (secondary N) is 1. The van der Waals surface area contributed by atoms with Gasteiger partial charge in [-0.25, -0.2) is 9.07 Å². The van der Waals surface area contributed by atoms with Crippen LogP contribution in [0.5, 0.6) is 11.8 Å². The first kappa shape index (κ1) is 30.0. The van der Waals surface area contributed by atoms with E-state index in [0.29, 0.717) is 52.1 Å². The summed E-state index contributed by atoms with van der Waals surface area (Å²) in [5.74, 6) is 2.84. The van der Waals surface area contributed by atoms with Gasteiger partial charge in [0.25, 0.3) is 11.6 Å². The van der Waals surface area contributed by atoms with Crippen LogP contribution in [0.15, 0.2) is 47.4 Å². The molecule has 0 amide bonds. The Morgan fingerprint density at radius 3 is 2.63 bits per heavy atom. The van der Waals surface area contributed by atoms with Gasteiger partial charge in [-0.1, -0.05) is 18.1 Å². The molecule has 5 aromatic rings. The van der Waals surface area contributed by atoms with E-state index in [-0.39, 0.29) is 42.7 Å². The number of methoxy groups -OCH3 is 1. The molecular weight excluding hydrogens is 587 g/mol. The molecule has 2 aromatic heterocycles. The van der Waals surface area contributed by atoms with Crippen molar-refractivity contribution < 1.29 is 23.3 Å². The minimum Gasteiger partial charge on any atom is -0.486 e. The van der Waals surface area contributed by atoms with Crippen LogP contribution in [-0.4, -0.2) is 46.7 Å². The highest BCUT2D eigenvalue weighted by Crippen LogP contribution is 2.52. The molecule has 2 fully saturated rings. The average molecular weight is 623 g/mol. The fourth-order valence-corrected chi connectivity index (χ4v) is 6.23. The number of rotatable bonds is 10. The van der Waals surface area contributed by atoms with E-state index in [1.807, 2.05) is 30.3 Å². The van der Waals surface area contributed by atoms with Crippen LogP contribution in [0.2, 0.25) is 0 Å². The minimum atomic E-state index is -0.361. The Bertz CT molecular complexity index is 2020. The number of hydrogen-bond donors (Lipinski definition) is 1. The van der Waals surface area contributed by atoms with E-state index in [0.717, 1.165) is 54.2 Å². The Labute approximate surface area is 265 Å². The Kier molecular flexibility index (Phi) is 8.20. The predicted octanol–water partition coefficient (Wildman–Crippen LogP) is 6.55. The maximum Gasteiger partial charge on any atom is 0.297 e. The third-order valence-electron chi connectivity index (χ3n) is 8.79. The molecule has 3 aromatic carbocycles. The molecule has 9 nitrogen and oxygen atoms in total. The third kappa shape index (κ3) is 5.61. The van der Waals surface area contributed by atoms with Gasteiger partial charge in [-0.3, -0.25) is 9.78 Å². The van der Waals surface area contributed by atoms with Crippen molar-refractivity contribution in [2.24, 2.45) is 0 Å². The van der Waals surface area contributed by atoms with Gasteiger partial charge in [-0.15, -0.1) is 6.42 Å². The zero-order valence-corrected chi connectivity index (χ0v) is 25.9. The molecule has 1 N–H and O–H groups in total. The summed E-state index contributed by atoms with van der Waals surface area (Å²) in [5.41, 5.74) is 5.01. The Hall–Kier alpha value is -4.72. The molecule has 0 spiro atoms. The molecule has 2 aliphatic rings. The molecule has 0 bridgehead atoms. The van der Waals surface area contributed by atoms with Crippen LogP contribution in [-0.2, 0) is 16.1 Å². The lowest BCUT2D eigenvalue weighted by Gasteiger charge is -2.24. The molecule has 1 aliphatic carbocycles. The molecule has 1 saturated carbocycles. The lowest BCUT2D eigenvalue weighted by Crippen LogP contribution is -2.19. The van der Waals surface area contributed by atoms with Gasteiger partial charge < -0.3 is 18.9 Å². The van der Waals surface area contributed by atoms with Crippen molar-refractivity contribution >= 4 is 21.8 Å². The lowest BCUT2D eigenvalue weighted by molar-refractivity contribution is -0.0366. The van der Waals surface area contributed by atoms with Gasteiger partial charge in [0.05, 0.1) is 23.7 Å². The Balaban J connectivity index is 1.47. The van der Waals surface area contributed by atoms with E-state index in [1.54, 1.807) is 24.9 Å². The van der Waals surface area contributed by atoms with Crippen LogP contribution in [0.4, 0.5) is 4.39 Å². The summed E-state index contributed by atoms with van der Waals surface area (Å²) >= 11 is 0. The van der Waals surface area contributed by atoms with Gasteiger partial charge in [0.15, 0.2) is 12.0 Å². The Morgan fingerprint density at radius 2 is 1.91 bits per heavy atom. The molecule has 1 atom stereocenters. The van der Waals surface area contributed by atoms with Crippen LogP contribution in [0.1, 0.15) is 66.5 Å². The molecule has 10 heteroatoms. The molecule has 7 rings (SSSR count). The van der Waals surface area contributed by atoms with Crippen LogP contribution >= 0.6 is 0 Å². The molecule has 236 valence electrons. The molecule has 1 unspecified atom stereocenters. The quantitative estimate of drug-likeness (QED) is 0.139. The monoisotopic (exact) mass is 622 g/mol. The number of aromatic nitrogens is 4. The number of hydrogen-bond acceptors (Lipinski definition) is 7. The van der Waals surface area contributed by atoms with Gasteiger partial charge in [0.2, 0.25) is 0 Å². The highest BCUT2D eigenvalue weighted by Gasteiger charge is 2.33. The SMILES string of the molecule is C#Cc1ccc(COc2c(-c3c(C)c(F)cc4c3cnn4C3CCCCO3)c(C3CC3)cc3c(=O)[nH]c(OCCOC)nc23)cc1. The first-order valence-electron chi connectivity index (χ1n) is 15.7. The van der Waals surface area contributed by atoms with E-state index in [2.05, 4.69) is 10.9 Å². The second kappa shape index (κ2) is 12.6. The number of aromatic amines is 1. The summed E-state index contributed by atoms with van der Waals surface area (Å²) in [6.07, 6.45) is 11.8. The normalized spacial score (nSPS) is 16.5. The van der Waals surface area contributed by atoms with Crippen LogP contribution in [0.3, 0.4) is 0 Å². The minimum absolute atomic E-state index is 0.0475. The summed E-state index contributed by atoms with van der Waals surface area (Å²) in [5, 5.41) is 5.87. The predicted molar refractivity (Wildman–Crippen MR) is 173 cm³/mol. The van der Waals surface area contributed by atoms with E-state index >= 15 is 4.39 Å². The van der Waals surface area contributed by atoms with E-state index < -0.39 is 0 Å². The number of nitrogens with zero attached hydrogens (tertiary/aromatic N) is 3. The maximum atomic E-state index is 16.0. The van der Waals surface area contributed by atoms with Gasteiger partial charge in [-0.2, -0.15) is 10.1 Å². The number of benzene rings is 3. The third-order valence-corrected chi connectivity index (χ3v) is 8.79. The zero-order valence-electron chi connectivity index (χ0n) is 25.9. The maximum absolute atomic E-state index is 16.0. The summed E-state index contributed by atoms with van der Waals surface area (Å²) in [6.45, 7) is 3.09. The second-order valence-electron chi connectivity index (χ2n) is 11.9. The fraction of sp³-hybridized carbons (Fsp3) is 0.361. The molecule has 46 heavy (non-hydrogen) atoms. The van der Waals surface area contributed by atoms with Crippen molar-refractivity contribution in [2.75, 3.05) is 26.9 Å². The van der Waals surface area contributed by atoms with Crippen molar-refractivity contribution in [3.63, 3.8) is 0 Å². The lowest BCUT2D eigenvalue weighted by atomic mass is 9.89. The molecule has 3 heterocycles. The number of fused-ring (bicyclic) bond motifs is 2. The Morgan fingerprint density at radius 1 is 1.09 bits per heavy atom. The van der Waals surface area contributed by atoms with E-state index in [4.69, 9.17) is 35.5 Å². The fourth-order valence-electron chi connectivity index (χ4n) is 6.23. The summed E-state index contributed by atoms with van der Waals surface area (Å²) in [7, 11) is 1.57. The van der Waals surface area contributed by atoms with Crippen LogP contribution in [0.25, 0.3) is 32.9 Å². The van der Waals surface area contributed by atoms with Crippen LogP contribution < -0.4 is 15.0 Å². The second-order valence-corrected chi connectivity index (χ2v) is 11.9. The smallest absolute Gasteiger partial charge is 0.297 e. The van der Waals surface area contributed by atoms with Crippen molar-refractivity contribution in [1.82, 2.24) is 19.7 Å². The summed E-state index contributed by atoms with van der Waals surface area (Å²) in [4.78, 5) is 21.0. The highest BCUT2D eigenvalue weighted by atomic mass is 19.1. The molecular formula is C36H35FN4O5. The average Bonchev–Trinajstić information content (AvgIpc) is 3.84. The van der Waals surface area contributed by atoms with Crippen molar-refractivity contribution in [3.05, 3.63) is 81.0 Å². The number of ether oxygens (including phenoxy) is 4. The number of terminal acetylenes is 1. The summed E-state index contributed by atoms with van der Waals surface area (Å²) in [6, 6.07) is 11.0. The largest absolute Gasteiger partial charge is 0.486 e. The summed E-state index contributed by atoms with van der Waals surface area (Å²) < 4.78 is 41.3. The van der Waals surface area contributed by atoms with Gasteiger partial charge >= 0.3 is 0 Å². The van der Waals surface area contributed by atoms with E-state index in [1.165, 1.54) is 6.07 Å². The van der Waals surface area contributed by atoms with Crippen molar-refractivity contribution in [3.8, 4) is 35.2 Å². The molecule has 1 saturated heterocycles. The molecule has 1 aliphatic heterocycles. The van der Waals surface area contributed by atoms with Crippen molar-refractivity contribution in [2.45, 2.75) is 57.8 Å². The molecule has 0 radical (unpaired) electrons. The van der Waals surface area contributed by atoms with Crippen molar-refractivity contribution in [1.29, 1.82) is 0 Å². The highest BCUT2D eigenvalue weighted by molar-refractivity contribution is 6.04. The van der Waals surface area contributed by atoms with E-state index in [9.17, 15) is 4.79 Å². The van der Waals surface area contributed by atoms with Gasteiger partial charge in [0, 0.05) is 41.9 Å². The number of H-pyrrole nitrogens is 1. The first-order valence-corrected chi connectivity index (χ1v) is 15.7. The van der Waals surface area contributed by atoms with Gasteiger partial charge in [-0.05, 0) is 79.8 Å².